The number of hydrogen-bond donors (Lipinski definition) is 1. The second kappa shape index (κ2) is 6.74. The molecule has 0 amide bonds. The normalized spacial score (nSPS) is 15.4. The van der Waals surface area contributed by atoms with E-state index in [2.05, 4.69) is 45.2 Å². The number of anilines is 3. The summed E-state index contributed by atoms with van der Waals surface area (Å²) in [5.41, 5.74) is 4.03. The Morgan fingerprint density at radius 1 is 1.21 bits per heavy atom. The molecule has 1 N–H and O–H groups in total. The first-order valence-corrected chi connectivity index (χ1v) is 9.62. The van der Waals surface area contributed by atoms with Gasteiger partial charge in [-0.15, -0.1) is 0 Å². The number of pyridine rings is 1. The highest BCUT2D eigenvalue weighted by Crippen LogP contribution is 2.36. The van der Waals surface area contributed by atoms with Crippen LogP contribution < -0.4 is 10.2 Å². The third-order valence-corrected chi connectivity index (χ3v) is 5.49. The average Bonchev–Trinajstić information content (AvgIpc) is 3.02. The van der Waals surface area contributed by atoms with E-state index in [1.165, 1.54) is 5.56 Å². The minimum atomic E-state index is -0.115. The summed E-state index contributed by atoms with van der Waals surface area (Å²) < 4.78 is 1.80. The summed E-state index contributed by atoms with van der Waals surface area (Å²) in [5.74, 6) is 2.49. The van der Waals surface area contributed by atoms with Crippen LogP contribution in [0.5, 0.6) is 0 Å². The summed E-state index contributed by atoms with van der Waals surface area (Å²) in [4.78, 5) is 16.0. The Balaban J connectivity index is 1.71. The molecule has 0 aliphatic carbocycles. The lowest BCUT2D eigenvalue weighted by molar-refractivity contribution is 0.459. The number of nitrogens with one attached hydrogen (secondary N) is 1. The fraction of sp³-hybridized carbons (Fsp3) is 0.400. The van der Waals surface area contributed by atoms with Crippen molar-refractivity contribution in [3.8, 4) is 0 Å². The van der Waals surface area contributed by atoms with Crippen LogP contribution in [0.15, 0.2) is 24.5 Å². The van der Waals surface area contributed by atoms with Crippen LogP contribution in [0.2, 0.25) is 5.15 Å². The Bertz CT molecular complexity index is 1040. The Hall–Kier alpha value is -2.67. The fourth-order valence-electron chi connectivity index (χ4n) is 3.80. The van der Waals surface area contributed by atoms with Gasteiger partial charge in [-0.2, -0.15) is 5.10 Å². The molecule has 1 aliphatic heterocycles. The Morgan fingerprint density at radius 2 is 2.00 bits per heavy atom. The van der Waals surface area contributed by atoms with Crippen LogP contribution >= 0.6 is 11.6 Å². The number of aromatic nitrogens is 5. The molecule has 4 heterocycles. The van der Waals surface area contributed by atoms with E-state index in [0.717, 1.165) is 41.7 Å². The Morgan fingerprint density at radius 3 is 2.71 bits per heavy atom. The first-order chi connectivity index (χ1) is 13.2. The van der Waals surface area contributed by atoms with Crippen molar-refractivity contribution in [2.75, 3.05) is 16.8 Å². The van der Waals surface area contributed by atoms with Gasteiger partial charge in [-0.3, -0.25) is 9.67 Å². The molecule has 0 unspecified atom stereocenters. The molecule has 0 radical (unpaired) electrons. The van der Waals surface area contributed by atoms with Crippen molar-refractivity contribution in [1.29, 1.82) is 0 Å². The molecule has 4 rings (SSSR count). The monoisotopic (exact) mass is 397 g/mol. The average molecular weight is 398 g/mol. The molecule has 0 saturated carbocycles. The Kier molecular flexibility index (Phi) is 4.50. The molecule has 7 nitrogen and oxygen atoms in total. The number of aryl methyl sites for hydroxylation is 2. The van der Waals surface area contributed by atoms with Crippen LogP contribution in [0, 0.1) is 13.8 Å². The van der Waals surface area contributed by atoms with Gasteiger partial charge in [0.2, 0.25) is 0 Å². The van der Waals surface area contributed by atoms with Gasteiger partial charge in [-0.25, -0.2) is 9.97 Å². The molecule has 3 aromatic rings. The molecular weight excluding hydrogens is 374 g/mol. The summed E-state index contributed by atoms with van der Waals surface area (Å²) in [7, 11) is 1.91. The van der Waals surface area contributed by atoms with E-state index < -0.39 is 0 Å². The highest BCUT2D eigenvalue weighted by Gasteiger charge is 2.34. The minimum absolute atomic E-state index is 0.115. The highest BCUT2D eigenvalue weighted by molar-refractivity contribution is 6.30. The lowest BCUT2D eigenvalue weighted by atomic mass is 9.82. The van der Waals surface area contributed by atoms with Gasteiger partial charge in [0.05, 0.1) is 23.8 Å². The lowest BCUT2D eigenvalue weighted by Crippen LogP contribution is -2.43. The number of halogens is 1. The molecule has 3 aromatic heterocycles. The van der Waals surface area contributed by atoms with Crippen LogP contribution in [0.25, 0.3) is 0 Å². The van der Waals surface area contributed by atoms with Gasteiger partial charge in [0, 0.05) is 37.2 Å². The van der Waals surface area contributed by atoms with E-state index in [1.54, 1.807) is 10.9 Å². The molecule has 146 valence electrons. The SMILES string of the molecule is Cc1nc(Cl)c(C)c(N2Cc3cc(Nc4ccnn4C)cnc3C(C)(C)C2)n1. The van der Waals surface area contributed by atoms with E-state index in [4.69, 9.17) is 16.6 Å². The quantitative estimate of drug-likeness (QED) is 0.675. The first kappa shape index (κ1) is 18.7. The summed E-state index contributed by atoms with van der Waals surface area (Å²) in [6.07, 6.45) is 3.66. The maximum absolute atomic E-state index is 6.32. The summed E-state index contributed by atoms with van der Waals surface area (Å²) in [5, 5.41) is 8.10. The maximum Gasteiger partial charge on any atom is 0.137 e. The zero-order valence-electron chi connectivity index (χ0n) is 16.8. The molecule has 28 heavy (non-hydrogen) atoms. The van der Waals surface area contributed by atoms with Crippen molar-refractivity contribution >= 4 is 28.9 Å². The predicted octanol–water partition coefficient (Wildman–Crippen LogP) is 3.92. The third kappa shape index (κ3) is 3.30. The van der Waals surface area contributed by atoms with Crippen molar-refractivity contribution in [2.24, 2.45) is 7.05 Å². The second-order valence-electron chi connectivity index (χ2n) is 7.95. The molecule has 8 heteroatoms. The van der Waals surface area contributed by atoms with Crippen LogP contribution in [-0.4, -0.2) is 31.3 Å². The van der Waals surface area contributed by atoms with Crippen molar-refractivity contribution < 1.29 is 0 Å². The zero-order chi connectivity index (χ0) is 20.1. The van der Waals surface area contributed by atoms with Crippen LogP contribution in [0.1, 0.15) is 36.5 Å². The molecule has 0 spiro atoms. The van der Waals surface area contributed by atoms with Gasteiger partial charge in [0.25, 0.3) is 0 Å². The summed E-state index contributed by atoms with van der Waals surface area (Å²) in [6.45, 7) is 9.80. The molecule has 1 aliphatic rings. The number of rotatable bonds is 3. The van der Waals surface area contributed by atoms with E-state index >= 15 is 0 Å². The minimum Gasteiger partial charge on any atom is -0.351 e. The van der Waals surface area contributed by atoms with Crippen molar-refractivity contribution in [3.63, 3.8) is 0 Å². The van der Waals surface area contributed by atoms with Crippen LogP contribution in [0.4, 0.5) is 17.3 Å². The van der Waals surface area contributed by atoms with Gasteiger partial charge in [0.15, 0.2) is 0 Å². The molecule has 0 bridgehead atoms. The van der Waals surface area contributed by atoms with Crippen molar-refractivity contribution in [2.45, 2.75) is 39.7 Å². The van der Waals surface area contributed by atoms with Crippen molar-refractivity contribution in [1.82, 2.24) is 24.7 Å². The molecule has 0 atom stereocenters. The standard InChI is InChI=1S/C20H24ClN7/c1-12-18(21)24-13(2)25-19(12)28-10-14-8-15(26-16-6-7-23-27(16)5)9-22-17(14)20(3,4)11-28/h6-9,26H,10-11H2,1-5H3. The van der Waals surface area contributed by atoms with Crippen LogP contribution in [0.3, 0.4) is 0 Å². The van der Waals surface area contributed by atoms with E-state index in [-0.39, 0.29) is 5.41 Å². The number of fused-ring (bicyclic) bond motifs is 1. The van der Waals surface area contributed by atoms with E-state index in [9.17, 15) is 0 Å². The zero-order valence-corrected chi connectivity index (χ0v) is 17.5. The molecule has 0 aromatic carbocycles. The summed E-state index contributed by atoms with van der Waals surface area (Å²) >= 11 is 6.32. The van der Waals surface area contributed by atoms with Gasteiger partial charge in [0.1, 0.15) is 22.6 Å². The Labute approximate surface area is 169 Å². The van der Waals surface area contributed by atoms with E-state index in [1.807, 2.05) is 33.2 Å². The molecule has 0 saturated heterocycles. The topological polar surface area (TPSA) is 71.8 Å². The lowest BCUT2D eigenvalue weighted by Gasteiger charge is -2.40. The van der Waals surface area contributed by atoms with Gasteiger partial charge < -0.3 is 10.2 Å². The largest absolute Gasteiger partial charge is 0.351 e. The predicted molar refractivity (Wildman–Crippen MR) is 111 cm³/mol. The molecular formula is C20H24ClN7. The number of hydrogen-bond acceptors (Lipinski definition) is 6. The van der Waals surface area contributed by atoms with Gasteiger partial charge >= 0.3 is 0 Å². The van der Waals surface area contributed by atoms with Crippen molar-refractivity contribution in [3.05, 3.63) is 52.3 Å². The maximum atomic E-state index is 6.32. The number of nitrogens with zero attached hydrogens (tertiary/aromatic N) is 6. The summed E-state index contributed by atoms with van der Waals surface area (Å²) in [6, 6.07) is 4.10. The molecule has 0 fully saturated rings. The highest BCUT2D eigenvalue weighted by atomic mass is 35.5. The van der Waals surface area contributed by atoms with E-state index in [0.29, 0.717) is 11.0 Å². The van der Waals surface area contributed by atoms with Gasteiger partial charge in [-0.05, 0) is 25.5 Å². The van der Waals surface area contributed by atoms with Crippen LogP contribution in [-0.2, 0) is 19.0 Å². The smallest absolute Gasteiger partial charge is 0.137 e. The fourth-order valence-corrected chi connectivity index (χ4v) is 4.01. The third-order valence-electron chi connectivity index (χ3n) is 5.12. The first-order valence-electron chi connectivity index (χ1n) is 9.25. The van der Waals surface area contributed by atoms with Gasteiger partial charge in [-0.1, -0.05) is 25.4 Å². The second-order valence-corrected chi connectivity index (χ2v) is 8.30.